The van der Waals surface area contributed by atoms with Crippen LogP contribution in [0.3, 0.4) is 0 Å². The summed E-state index contributed by atoms with van der Waals surface area (Å²) >= 11 is 0. The quantitative estimate of drug-likeness (QED) is 0.688. The van der Waals surface area contributed by atoms with Gasteiger partial charge >= 0.3 is 6.18 Å². The molecule has 0 bridgehead atoms. The number of halogens is 3. The molecule has 2 N–H and O–H groups in total. The molecule has 0 aromatic heterocycles. The first-order valence-electron chi connectivity index (χ1n) is 10.1. The molecule has 1 fully saturated rings. The van der Waals surface area contributed by atoms with E-state index in [0.29, 0.717) is 31.5 Å². The van der Waals surface area contributed by atoms with Crippen LogP contribution < -0.4 is 5.32 Å². The highest BCUT2D eigenvalue weighted by atomic mass is 19.4. The number of rotatable bonds is 8. The molecule has 7 heteroatoms. The molecule has 1 aliphatic rings. The zero-order valence-electron chi connectivity index (χ0n) is 17.0. The van der Waals surface area contributed by atoms with Gasteiger partial charge in [0.2, 0.25) is 5.91 Å². The van der Waals surface area contributed by atoms with Crippen molar-refractivity contribution in [3.8, 4) is 0 Å². The van der Waals surface area contributed by atoms with E-state index in [1.165, 1.54) is 12.1 Å². The number of carbonyl (C=O) groups is 1. The number of aryl methyl sites for hydroxylation is 2. The molecule has 1 heterocycles. The number of hydrogen-bond acceptors (Lipinski definition) is 3. The van der Waals surface area contributed by atoms with Crippen molar-refractivity contribution in [1.82, 2.24) is 10.2 Å². The van der Waals surface area contributed by atoms with Gasteiger partial charge in [-0.2, -0.15) is 13.2 Å². The second-order valence-corrected chi connectivity index (χ2v) is 8.00. The number of carbonyl (C=O) groups excluding carboxylic acids is 1. The summed E-state index contributed by atoms with van der Waals surface area (Å²) in [6.07, 6.45) is -3.63. The van der Waals surface area contributed by atoms with Crippen LogP contribution in [0.4, 0.5) is 13.2 Å². The molecule has 1 saturated heterocycles. The maximum Gasteiger partial charge on any atom is 0.416 e. The average molecular weight is 420 g/mol. The van der Waals surface area contributed by atoms with Crippen molar-refractivity contribution in [1.29, 1.82) is 0 Å². The number of nitrogens with zero attached hydrogens (tertiary/aromatic N) is 1. The lowest BCUT2D eigenvalue weighted by molar-refractivity contribution is -0.137. The van der Waals surface area contributed by atoms with Crippen molar-refractivity contribution in [3.05, 3.63) is 70.8 Å². The van der Waals surface area contributed by atoms with E-state index >= 15 is 0 Å². The molecule has 0 saturated carbocycles. The lowest BCUT2D eigenvalue weighted by Gasteiger charge is -2.38. The third kappa shape index (κ3) is 6.31. The van der Waals surface area contributed by atoms with E-state index in [1.54, 1.807) is 13.0 Å². The number of nitrogens with one attached hydrogen (secondary N) is 1. The van der Waals surface area contributed by atoms with Crippen molar-refractivity contribution in [2.24, 2.45) is 5.92 Å². The molecule has 3 rings (SSSR count). The van der Waals surface area contributed by atoms with Gasteiger partial charge in [-0.3, -0.25) is 9.69 Å². The van der Waals surface area contributed by atoms with E-state index in [0.717, 1.165) is 23.7 Å². The first kappa shape index (κ1) is 22.3. The van der Waals surface area contributed by atoms with E-state index < -0.39 is 17.8 Å². The van der Waals surface area contributed by atoms with Crippen molar-refractivity contribution in [3.63, 3.8) is 0 Å². The molecule has 4 nitrogen and oxygen atoms in total. The Kier molecular flexibility index (Phi) is 7.15. The maximum atomic E-state index is 12.8. The molecule has 30 heavy (non-hydrogen) atoms. The highest BCUT2D eigenvalue weighted by Gasteiger charge is 2.32. The summed E-state index contributed by atoms with van der Waals surface area (Å²) in [6, 6.07) is 13.6. The Balaban J connectivity index is 1.43. The molecule has 1 atom stereocenters. The van der Waals surface area contributed by atoms with E-state index in [2.05, 4.69) is 10.2 Å². The summed E-state index contributed by atoms with van der Waals surface area (Å²) in [4.78, 5) is 14.1. The Hall–Kier alpha value is -2.38. The van der Waals surface area contributed by atoms with Crippen LogP contribution in [-0.2, 0) is 30.4 Å². The predicted molar refractivity (Wildman–Crippen MR) is 109 cm³/mol. The van der Waals surface area contributed by atoms with E-state index in [9.17, 15) is 23.1 Å². The van der Waals surface area contributed by atoms with Gasteiger partial charge in [-0.15, -0.1) is 0 Å². The van der Waals surface area contributed by atoms with Crippen LogP contribution in [0.15, 0.2) is 48.5 Å². The number of likely N-dealkylation sites (tertiary alicyclic amines) is 1. The predicted octanol–water partition coefficient (Wildman–Crippen LogP) is 3.42. The minimum Gasteiger partial charge on any atom is -0.392 e. The van der Waals surface area contributed by atoms with Gasteiger partial charge in [-0.05, 0) is 42.5 Å². The molecule has 2 aromatic carbocycles. The lowest BCUT2D eigenvalue weighted by Crippen LogP contribution is -2.53. The van der Waals surface area contributed by atoms with E-state index in [-0.39, 0.29) is 18.4 Å². The molecule has 0 aliphatic carbocycles. The molecule has 1 amide bonds. The van der Waals surface area contributed by atoms with Crippen LogP contribution in [0.25, 0.3) is 0 Å². The second-order valence-electron chi connectivity index (χ2n) is 8.00. The Labute approximate surface area is 174 Å². The number of aliphatic hydroxyl groups excluding tert-OH is 1. The first-order chi connectivity index (χ1) is 14.2. The molecule has 1 aliphatic heterocycles. The topological polar surface area (TPSA) is 52.6 Å². The molecular weight excluding hydrogens is 393 g/mol. The van der Waals surface area contributed by atoms with Crippen molar-refractivity contribution in [2.75, 3.05) is 19.6 Å². The molecule has 0 spiro atoms. The minimum absolute atomic E-state index is 0.0166. The van der Waals surface area contributed by atoms with Crippen LogP contribution in [0.2, 0.25) is 0 Å². The van der Waals surface area contributed by atoms with Crippen molar-refractivity contribution in [2.45, 2.75) is 38.6 Å². The summed E-state index contributed by atoms with van der Waals surface area (Å²) in [5.41, 5.74) is 2.29. The van der Waals surface area contributed by atoms with Crippen LogP contribution >= 0.6 is 0 Å². The molecular formula is C23H27F3N2O2. The maximum absolute atomic E-state index is 12.8. The van der Waals surface area contributed by atoms with E-state index in [1.807, 2.05) is 24.3 Å². The van der Waals surface area contributed by atoms with Gasteiger partial charge in [-0.1, -0.05) is 42.5 Å². The fourth-order valence-electron chi connectivity index (χ4n) is 3.52. The zero-order chi connectivity index (χ0) is 21.7. The molecule has 0 unspecified atom stereocenters. The number of amides is 1. The van der Waals surface area contributed by atoms with Gasteiger partial charge in [0.05, 0.1) is 17.6 Å². The Morgan fingerprint density at radius 2 is 1.73 bits per heavy atom. The Morgan fingerprint density at radius 1 is 1.10 bits per heavy atom. The second kappa shape index (κ2) is 9.62. The third-order valence-corrected chi connectivity index (χ3v) is 5.29. The Bertz CT molecular complexity index is 844. The minimum atomic E-state index is -4.31. The number of benzene rings is 2. The number of hydrogen-bond donors (Lipinski definition) is 2. The van der Waals surface area contributed by atoms with Gasteiger partial charge in [0.15, 0.2) is 0 Å². The van der Waals surface area contributed by atoms with Gasteiger partial charge in [0.1, 0.15) is 0 Å². The Morgan fingerprint density at radius 3 is 2.37 bits per heavy atom. The van der Waals surface area contributed by atoms with Crippen LogP contribution in [-0.4, -0.2) is 41.7 Å². The number of alkyl halides is 3. The third-order valence-electron chi connectivity index (χ3n) is 5.29. The van der Waals surface area contributed by atoms with E-state index in [4.69, 9.17) is 0 Å². The summed E-state index contributed by atoms with van der Waals surface area (Å²) < 4.78 is 38.4. The molecule has 162 valence electrons. The van der Waals surface area contributed by atoms with Crippen LogP contribution in [0, 0.1) is 5.92 Å². The summed E-state index contributed by atoms with van der Waals surface area (Å²) in [6.45, 7) is 4.06. The standard InChI is InChI=1S/C23H27F3N2O2/c1-16(29)12-27-22(30)20-14-28(15-20)13-19-9-6-17(7-10-19)5-8-18-3-2-4-21(11-18)23(24,25)26/h2-4,6-7,9-11,16,20,29H,5,8,12-15H2,1H3,(H,27,30)/t16-/m0/s1. The first-order valence-corrected chi connectivity index (χ1v) is 10.1. The summed E-state index contributed by atoms with van der Waals surface area (Å²) in [7, 11) is 0. The summed E-state index contributed by atoms with van der Waals surface area (Å²) in [5, 5.41) is 12.0. The van der Waals surface area contributed by atoms with Gasteiger partial charge in [-0.25, -0.2) is 0 Å². The fraction of sp³-hybridized carbons (Fsp3) is 0.435. The van der Waals surface area contributed by atoms with Crippen LogP contribution in [0.1, 0.15) is 29.2 Å². The fourth-order valence-corrected chi connectivity index (χ4v) is 3.52. The van der Waals surface area contributed by atoms with Gasteiger partial charge < -0.3 is 10.4 Å². The zero-order valence-corrected chi connectivity index (χ0v) is 17.0. The lowest BCUT2D eigenvalue weighted by atomic mass is 9.97. The SMILES string of the molecule is C[C@H](O)CNC(=O)C1CN(Cc2ccc(CCc3cccc(C(F)(F)F)c3)cc2)C1. The van der Waals surface area contributed by atoms with Crippen molar-refractivity contribution >= 4 is 5.91 Å². The molecule has 2 aromatic rings. The normalized spacial score (nSPS) is 16.2. The van der Waals surface area contributed by atoms with Gasteiger partial charge in [0, 0.05) is 26.2 Å². The monoisotopic (exact) mass is 420 g/mol. The summed E-state index contributed by atoms with van der Waals surface area (Å²) in [5.74, 6) is -0.0485. The number of aliphatic hydroxyl groups is 1. The average Bonchev–Trinajstić information content (AvgIpc) is 2.67. The highest BCUT2D eigenvalue weighted by molar-refractivity contribution is 5.80. The van der Waals surface area contributed by atoms with Gasteiger partial charge in [0.25, 0.3) is 0 Å². The van der Waals surface area contributed by atoms with Crippen molar-refractivity contribution < 1.29 is 23.1 Å². The molecule has 0 radical (unpaired) electrons. The smallest absolute Gasteiger partial charge is 0.392 e. The van der Waals surface area contributed by atoms with Crippen LogP contribution in [0.5, 0.6) is 0 Å². The highest BCUT2D eigenvalue weighted by Crippen LogP contribution is 2.29. The largest absolute Gasteiger partial charge is 0.416 e.